The summed E-state index contributed by atoms with van der Waals surface area (Å²) in [6.45, 7) is 0.705. The van der Waals surface area contributed by atoms with E-state index in [-0.39, 0.29) is 31.8 Å². The standard InChI is InChI=1S/C32H31F2IN2O3/c33-26-13-25(14-27(34)18-26)16-30(36)31(38)20-37(19-24-7-4-8-28(35)15-24)32(39)17-22-9-11-29(12-10-22)40-21-23-5-2-1-3-6-23/h1-15,18,30-31,38H,16-17,19-21,36H2/t30-,31+/m0/s1. The molecule has 0 aliphatic rings. The van der Waals surface area contributed by atoms with Gasteiger partial charge in [-0.05, 0) is 87.7 Å². The summed E-state index contributed by atoms with van der Waals surface area (Å²) in [4.78, 5) is 15.0. The van der Waals surface area contributed by atoms with Crippen molar-refractivity contribution in [2.45, 2.75) is 38.1 Å². The number of hydrogen-bond donors (Lipinski definition) is 2. The minimum absolute atomic E-state index is 0.0262. The number of nitrogens with zero attached hydrogens (tertiary/aromatic N) is 1. The summed E-state index contributed by atoms with van der Waals surface area (Å²) < 4.78 is 34.1. The fourth-order valence-corrected chi connectivity index (χ4v) is 4.95. The van der Waals surface area contributed by atoms with E-state index in [1.165, 1.54) is 12.1 Å². The molecule has 0 aliphatic carbocycles. The number of aliphatic hydroxyl groups excluding tert-OH is 1. The predicted molar refractivity (Wildman–Crippen MR) is 160 cm³/mol. The number of carbonyl (C=O) groups is 1. The van der Waals surface area contributed by atoms with E-state index >= 15 is 0 Å². The third-order valence-corrected chi connectivity index (χ3v) is 7.11. The average Bonchev–Trinajstić information content (AvgIpc) is 2.92. The van der Waals surface area contributed by atoms with Crippen molar-refractivity contribution in [3.63, 3.8) is 0 Å². The van der Waals surface area contributed by atoms with E-state index in [0.717, 1.165) is 26.3 Å². The maximum absolute atomic E-state index is 13.6. The average molecular weight is 657 g/mol. The Morgan fingerprint density at radius 2 is 1.52 bits per heavy atom. The highest BCUT2D eigenvalue weighted by Gasteiger charge is 2.23. The van der Waals surface area contributed by atoms with Crippen molar-refractivity contribution in [2.75, 3.05) is 6.54 Å². The molecule has 0 heterocycles. The third kappa shape index (κ3) is 9.11. The molecular formula is C32H31F2IN2O3. The van der Waals surface area contributed by atoms with E-state index in [4.69, 9.17) is 10.5 Å². The van der Waals surface area contributed by atoms with Gasteiger partial charge in [0.15, 0.2) is 0 Å². The van der Waals surface area contributed by atoms with Crippen LogP contribution in [0.1, 0.15) is 22.3 Å². The number of rotatable bonds is 12. The monoisotopic (exact) mass is 656 g/mol. The van der Waals surface area contributed by atoms with Crippen LogP contribution in [-0.4, -0.2) is 34.6 Å². The Balaban J connectivity index is 1.42. The molecule has 5 nitrogen and oxygen atoms in total. The minimum atomic E-state index is -1.10. The SMILES string of the molecule is N[C@@H](Cc1cc(F)cc(F)c1)[C@H](O)CN(Cc1cccc(I)c1)C(=O)Cc1ccc(OCc2ccccc2)cc1. The fourth-order valence-electron chi connectivity index (χ4n) is 4.34. The Morgan fingerprint density at radius 3 is 2.20 bits per heavy atom. The zero-order valence-electron chi connectivity index (χ0n) is 21.9. The van der Waals surface area contributed by atoms with Gasteiger partial charge in [-0.1, -0.05) is 54.6 Å². The molecular weight excluding hydrogens is 625 g/mol. The molecule has 0 spiro atoms. The lowest BCUT2D eigenvalue weighted by molar-refractivity contribution is -0.132. The normalized spacial score (nSPS) is 12.5. The van der Waals surface area contributed by atoms with Gasteiger partial charge in [0.05, 0.1) is 12.5 Å². The topological polar surface area (TPSA) is 75.8 Å². The first kappa shape index (κ1) is 29.6. The second-order valence-electron chi connectivity index (χ2n) is 9.71. The van der Waals surface area contributed by atoms with Crippen molar-refractivity contribution in [1.29, 1.82) is 0 Å². The van der Waals surface area contributed by atoms with Crippen LogP contribution in [0.5, 0.6) is 5.75 Å². The van der Waals surface area contributed by atoms with Crippen LogP contribution in [-0.2, 0) is 30.8 Å². The largest absolute Gasteiger partial charge is 0.489 e. The molecule has 0 bridgehead atoms. The van der Waals surface area contributed by atoms with Crippen LogP contribution in [0.3, 0.4) is 0 Å². The number of aliphatic hydroxyl groups is 1. The number of hydrogen-bond acceptors (Lipinski definition) is 4. The van der Waals surface area contributed by atoms with Gasteiger partial charge in [-0.15, -0.1) is 0 Å². The molecule has 0 saturated heterocycles. The van der Waals surface area contributed by atoms with Crippen LogP contribution in [0.2, 0.25) is 0 Å². The lowest BCUT2D eigenvalue weighted by Gasteiger charge is -2.28. The number of benzene rings is 4. The molecule has 2 atom stereocenters. The van der Waals surface area contributed by atoms with Crippen molar-refractivity contribution in [2.24, 2.45) is 5.73 Å². The molecule has 3 N–H and O–H groups in total. The summed E-state index contributed by atoms with van der Waals surface area (Å²) in [5.41, 5.74) is 9.33. The molecule has 4 aromatic rings. The van der Waals surface area contributed by atoms with Crippen molar-refractivity contribution in [1.82, 2.24) is 4.90 Å². The van der Waals surface area contributed by atoms with Crippen molar-refractivity contribution >= 4 is 28.5 Å². The summed E-state index contributed by atoms with van der Waals surface area (Å²) in [6.07, 6.45) is -0.919. The van der Waals surface area contributed by atoms with Gasteiger partial charge in [0.25, 0.3) is 0 Å². The Labute approximate surface area is 246 Å². The van der Waals surface area contributed by atoms with Crippen LogP contribution in [0.25, 0.3) is 0 Å². The molecule has 0 saturated carbocycles. The van der Waals surface area contributed by atoms with Gasteiger partial charge in [-0.25, -0.2) is 8.78 Å². The first-order valence-electron chi connectivity index (χ1n) is 12.9. The number of carbonyl (C=O) groups excluding carboxylic acids is 1. The molecule has 208 valence electrons. The molecule has 0 aromatic heterocycles. The van der Waals surface area contributed by atoms with Gasteiger partial charge in [0.2, 0.25) is 5.91 Å². The predicted octanol–water partition coefficient (Wildman–Crippen LogP) is 5.65. The molecule has 0 radical (unpaired) electrons. The van der Waals surface area contributed by atoms with Crippen LogP contribution < -0.4 is 10.5 Å². The second kappa shape index (κ2) is 14.3. The van der Waals surface area contributed by atoms with Crippen LogP contribution in [0.4, 0.5) is 8.78 Å². The van der Waals surface area contributed by atoms with Gasteiger partial charge in [-0.3, -0.25) is 4.79 Å². The molecule has 4 rings (SSSR count). The van der Waals surface area contributed by atoms with E-state index in [0.29, 0.717) is 17.9 Å². The van der Waals surface area contributed by atoms with E-state index < -0.39 is 23.8 Å². The molecule has 0 unspecified atom stereocenters. The number of amides is 1. The van der Waals surface area contributed by atoms with E-state index in [2.05, 4.69) is 22.6 Å². The van der Waals surface area contributed by atoms with E-state index in [1.54, 1.807) is 4.90 Å². The summed E-state index contributed by atoms with van der Waals surface area (Å²) in [5.74, 6) is -0.891. The van der Waals surface area contributed by atoms with Gasteiger partial charge in [-0.2, -0.15) is 0 Å². The highest BCUT2D eigenvalue weighted by molar-refractivity contribution is 14.1. The van der Waals surface area contributed by atoms with Gasteiger partial charge >= 0.3 is 0 Å². The molecule has 4 aromatic carbocycles. The smallest absolute Gasteiger partial charge is 0.227 e. The van der Waals surface area contributed by atoms with Gasteiger partial charge < -0.3 is 20.5 Å². The molecule has 0 aliphatic heterocycles. The summed E-state index contributed by atoms with van der Waals surface area (Å²) >= 11 is 2.21. The lowest BCUT2D eigenvalue weighted by atomic mass is 10.0. The summed E-state index contributed by atoms with van der Waals surface area (Å²) in [6, 6.07) is 27.3. The molecule has 0 fully saturated rings. The van der Waals surface area contributed by atoms with Crippen molar-refractivity contribution < 1.29 is 23.4 Å². The zero-order chi connectivity index (χ0) is 28.5. The van der Waals surface area contributed by atoms with Crippen LogP contribution in [0.15, 0.2) is 97.1 Å². The molecule has 40 heavy (non-hydrogen) atoms. The number of nitrogens with two attached hydrogens (primary N) is 1. The highest BCUT2D eigenvalue weighted by atomic mass is 127. The van der Waals surface area contributed by atoms with E-state index in [1.807, 2.05) is 78.9 Å². The zero-order valence-corrected chi connectivity index (χ0v) is 24.0. The van der Waals surface area contributed by atoms with Crippen LogP contribution in [0, 0.1) is 15.2 Å². The number of ether oxygens (including phenoxy) is 1. The van der Waals surface area contributed by atoms with Crippen molar-refractivity contribution in [3.8, 4) is 5.75 Å². The Bertz CT molecular complexity index is 1380. The maximum atomic E-state index is 13.6. The molecule has 8 heteroatoms. The first-order chi connectivity index (χ1) is 19.2. The Kier molecular flexibility index (Phi) is 10.6. The van der Waals surface area contributed by atoms with Gasteiger partial charge in [0, 0.05) is 28.8 Å². The minimum Gasteiger partial charge on any atom is -0.489 e. The first-order valence-corrected chi connectivity index (χ1v) is 14.0. The number of halogens is 3. The van der Waals surface area contributed by atoms with Crippen LogP contribution >= 0.6 is 22.6 Å². The van der Waals surface area contributed by atoms with E-state index in [9.17, 15) is 18.7 Å². The summed E-state index contributed by atoms with van der Waals surface area (Å²) in [7, 11) is 0. The maximum Gasteiger partial charge on any atom is 0.227 e. The quantitative estimate of drug-likeness (QED) is 0.194. The Hall–Kier alpha value is -3.34. The fraction of sp³-hybridized carbons (Fsp3) is 0.219. The Morgan fingerprint density at radius 1 is 0.850 bits per heavy atom. The molecule has 1 amide bonds. The third-order valence-electron chi connectivity index (χ3n) is 6.44. The van der Waals surface area contributed by atoms with Gasteiger partial charge in [0.1, 0.15) is 24.0 Å². The highest BCUT2D eigenvalue weighted by Crippen LogP contribution is 2.18. The second-order valence-corrected chi connectivity index (χ2v) is 11.0. The van der Waals surface area contributed by atoms with Crippen molar-refractivity contribution in [3.05, 3.63) is 135 Å². The summed E-state index contributed by atoms with van der Waals surface area (Å²) in [5, 5.41) is 10.9. The lowest BCUT2D eigenvalue weighted by Crippen LogP contribution is -2.46.